The first-order valence-corrected chi connectivity index (χ1v) is 9.87. The van der Waals surface area contributed by atoms with Gasteiger partial charge in [-0.05, 0) is 18.8 Å². The predicted molar refractivity (Wildman–Crippen MR) is 100 cm³/mol. The van der Waals surface area contributed by atoms with Crippen LogP contribution in [0.5, 0.6) is 0 Å². The smallest absolute Gasteiger partial charge is 0.326 e. The molecular weight excluding hydrogens is 364 g/mol. The van der Waals surface area contributed by atoms with E-state index >= 15 is 0 Å². The van der Waals surface area contributed by atoms with Gasteiger partial charge in [0.2, 0.25) is 17.7 Å². The highest BCUT2D eigenvalue weighted by atomic mass is 16.5. The number of nitrogens with zero attached hydrogens (tertiary/aromatic N) is 2. The van der Waals surface area contributed by atoms with Crippen molar-refractivity contribution in [2.75, 3.05) is 0 Å². The molecule has 0 bridgehead atoms. The molecule has 28 heavy (non-hydrogen) atoms. The van der Waals surface area contributed by atoms with Gasteiger partial charge in [0.05, 0.1) is 0 Å². The highest BCUT2D eigenvalue weighted by Gasteiger charge is 2.38. The van der Waals surface area contributed by atoms with Crippen LogP contribution in [0.1, 0.15) is 77.4 Å². The molecule has 1 aromatic heterocycles. The van der Waals surface area contributed by atoms with Crippen molar-refractivity contribution in [3.8, 4) is 0 Å². The summed E-state index contributed by atoms with van der Waals surface area (Å²) < 4.78 is 5.31. The Morgan fingerprint density at radius 2 is 1.82 bits per heavy atom. The molecule has 1 heterocycles. The van der Waals surface area contributed by atoms with Gasteiger partial charge in [-0.1, -0.05) is 44.7 Å². The van der Waals surface area contributed by atoms with Crippen molar-refractivity contribution >= 4 is 17.8 Å². The summed E-state index contributed by atoms with van der Waals surface area (Å²) in [5.74, 6) is -1.05. The summed E-state index contributed by atoms with van der Waals surface area (Å²) in [7, 11) is 0. The van der Waals surface area contributed by atoms with E-state index in [1.54, 1.807) is 13.8 Å². The lowest BCUT2D eigenvalue weighted by molar-refractivity contribution is -0.143. The number of hydrogen-bond acceptors (Lipinski definition) is 6. The normalized spacial score (nSPS) is 17.6. The molecule has 0 saturated heterocycles. The van der Waals surface area contributed by atoms with Gasteiger partial charge in [0.1, 0.15) is 11.6 Å². The molecular formula is C19H30N4O5. The summed E-state index contributed by atoms with van der Waals surface area (Å²) in [6.45, 7) is 4.95. The van der Waals surface area contributed by atoms with Crippen LogP contribution in [0, 0.1) is 5.92 Å². The maximum atomic E-state index is 12.1. The number of rotatable bonds is 8. The number of aryl methyl sites for hydroxylation is 1. The zero-order chi connectivity index (χ0) is 20.7. The van der Waals surface area contributed by atoms with Gasteiger partial charge in [0.15, 0.2) is 5.82 Å². The van der Waals surface area contributed by atoms with E-state index in [1.807, 2.05) is 0 Å². The SMILES string of the molecule is CC(=O)NC1(c2noc(CCC(=O)NC(C(=O)O)C(C)C)n2)CCCCCC1. The fraction of sp³-hybridized carbons (Fsp3) is 0.737. The van der Waals surface area contributed by atoms with Crippen LogP contribution < -0.4 is 10.6 Å². The Labute approximate surface area is 164 Å². The molecule has 1 aromatic rings. The molecule has 156 valence electrons. The molecule has 0 aliphatic heterocycles. The Hall–Kier alpha value is -2.45. The van der Waals surface area contributed by atoms with Crippen molar-refractivity contribution < 1.29 is 24.0 Å². The van der Waals surface area contributed by atoms with Gasteiger partial charge < -0.3 is 20.3 Å². The van der Waals surface area contributed by atoms with E-state index in [0.717, 1.165) is 38.5 Å². The molecule has 1 saturated carbocycles. The number of carboxylic acids is 1. The summed E-state index contributed by atoms with van der Waals surface area (Å²) in [5.41, 5.74) is -0.627. The zero-order valence-corrected chi connectivity index (χ0v) is 16.8. The van der Waals surface area contributed by atoms with Gasteiger partial charge in [0.25, 0.3) is 0 Å². The number of carbonyl (C=O) groups excluding carboxylic acids is 2. The molecule has 3 N–H and O–H groups in total. The number of carbonyl (C=O) groups is 3. The number of amides is 2. The first-order chi connectivity index (χ1) is 13.2. The van der Waals surface area contributed by atoms with E-state index in [0.29, 0.717) is 11.7 Å². The van der Waals surface area contributed by atoms with Crippen LogP contribution in [0.2, 0.25) is 0 Å². The second kappa shape index (κ2) is 9.66. The first kappa shape index (κ1) is 21.8. The summed E-state index contributed by atoms with van der Waals surface area (Å²) in [4.78, 5) is 39.4. The number of aromatic nitrogens is 2. The van der Waals surface area contributed by atoms with Crippen molar-refractivity contribution in [1.29, 1.82) is 0 Å². The Kier molecular flexibility index (Phi) is 7.53. The lowest BCUT2D eigenvalue weighted by atomic mass is 9.89. The van der Waals surface area contributed by atoms with Gasteiger partial charge in [0, 0.05) is 19.8 Å². The summed E-state index contributed by atoms with van der Waals surface area (Å²) in [5, 5.41) is 18.8. The molecule has 0 radical (unpaired) electrons. The third kappa shape index (κ3) is 5.77. The van der Waals surface area contributed by atoms with E-state index in [2.05, 4.69) is 20.8 Å². The highest BCUT2D eigenvalue weighted by Crippen LogP contribution is 2.34. The second-order valence-electron chi connectivity index (χ2n) is 7.82. The topological polar surface area (TPSA) is 134 Å². The molecule has 1 aliphatic rings. The van der Waals surface area contributed by atoms with E-state index < -0.39 is 17.6 Å². The molecule has 1 unspecified atom stereocenters. The quantitative estimate of drug-likeness (QED) is 0.573. The van der Waals surface area contributed by atoms with Crippen molar-refractivity contribution in [3.05, 3.63) is 11.7 Å². The van der Waals surface area contributed by atoms with Crippen molar-refractivity contribution in [1.82, 2.24) is 20.8 Å². The number of carboxylic acid groups (broad SMARTS) is 1. The molecule has 2 amide bonds. The average molecular weight is 394 g/mol. The molecule has 1 fully saturated rings. The third-order valence-electron chi connectivity index (χ3n) is 5.08. The third-order valence-corrected chi connectivity index (χ3v) is 5.08. The number of hydrogen-bond donors (Lipinski definition) is 3. The summed E-state index contributed by atoms with van der Waals surface area (Å²) >= 11 is 0. The predicted octanol–water partition coefficient (Wildman–Crippen LogP) is 1.91. The molecule has 0 spiro atoms. The lowest BCUT2D eigenvalue weighted by Crippen LogP contribution is -2.45. The molecule has 0 aromatic carbocycles. The van der Waals surface area contributed by atoms with Crippen LogP contribution in [-0.4, -0.2) is 39.1 Å². The number of nitrogens with one attached hydrogen (secondary N) is 2. The van der Waals surface area contributed by atoms with Crippen molar-refractivity contribution in [2.24, 2.45) is 5.92 Å². The molecule has 1 atom stereocenters. The summed E-state index contributed by atoms with van der Waals surface area (Å²) in [6, 6.07) is -0.931. The minimum atomic E-state index is -1.06. The lowest BCUT2D eigenvalue weighted by Gasteiger charge is -2.30. The molecule has 1 aliphatic carbocycles. The zero-order valence-electron chi connectivity index (χ0n) is 16.8. The molecule has 2 rings (SSSR count). The minimum Gasteiger partial charge on any atom is -0.480 e. The van der Waals surface area contributed by atoms with Gasteiger partial charge in [-0.15, -0.1) is 0 Å². The minimum absolute atomic E-state index is 0.0469. The van der Waals surface area contributed by atoms with Crippen molar-refractivity contribution in [2.45, 2.75) is 83.7 Å². The Morgan fingerprint density at radius 1 is 1.18 bits per heavy atom. The van der Waals surface area contributed by atoms with Crippen LogP contribution in [0.3, 0.4) is 0 Å². The van der Waals surface area contributed by atoms with Gasteiger partial charge in [-0.3, -0.25) is 9.59 Å². The monoisotopic (exact) mass is 394 g/mol. The number of aliphatic carboxylic acids is 1. The summed E-state index contributed by atoms with van der Waals surface area (Å²) in [6.07, 6.45) is 5.91. The van der Waals surface area contributed by atoms with Gasteiger partial charge >= 0.3 is 5.97 Å². The maximum absolute atomic E-state index is 12.1. The first-order valence-electron chi connectivity index (χ1n) is 9.87. The van der Waals surface area contributed by atoms with Crippen LogP contribution >= 0.6 is 0 Å². The Bertz CT molecular complexity index is 692. The Morgan fingerprint density at radius 3 is 2.36 bits per heavy atom. The van der Waals surface area contributed by atoms with Gasteiger partial charge in [-0.2, -0.15) is 4.98 Å². The molecule has 9 nitrogen and oxygen atoms in total. The average Bonchev–Trinajstić information content (AvgIpc) is 2.97. The van der Waals surface area contributed by atoms with Crippen molar-refractivity contribution in [3.63, 3.8) is 0 Å². The van der Waals surface area contributed by atoms with Crippen LogP contribution in [0.25, 0.3) is 0 Å². The highest BCUT2D eigenvalue weighted by molar-refractivity contribution is 5.83. The largest absolute Gasteiger partial charge is 0.480 e. The van der Waals surface area contributed by atoms with E-state index in [9.17, 15) is 14.4 Å². The molecule has 9 heteroatoms. The fourth-order valence-corrected chi connectivity index (χ4v) is 3.60. The van der Waals surface area contributed by atoms with E-state index in [1.165, 1.54) is 6.92 Å². The van der Waals surface area contributed by atoms with Gasteiger partial charge in [-0.25, -0.2) is 4.79 Å². The van der Waals surface area contributed by atoms with Crippen LogP contribution in [0.15, 0.2) is 4.52 Å². The fourth-order valence-electron chi connectivity index (χ4n) is 3.60. The van der Waals surface area contributed by atoms with Crippen LogP contribution in [0.4, 0.5) is 0 Å². The maximum Gasteiger partial charge on any atom is 0.326 e. The standard InChI is InChI=1S/C19H30N4O5/c1-12(2)16(17(26)27)20-14(25)8-9-15-21-18(23-28-15)19(22-13(3)24)10-6-4-5-7-11-19/h12,16H,4-11H2,1-3H3,(H,20,25)(H,22,24)(H,26,27). The van der Waals surface area contributed by atoms with E-state index in [4.69, 9.17) is 9.63 Å². The Balaban J connectivity index is 2.02. The van der Waals surface area contributed by atoms with E-state index in [-0.39, 0.29) is 30.6 Å². The van der Waals surface area contributed by atoms with Crippen LogP contribution in [-0.2, 0) is 26.3 Å². The second-order valence-corrected chi connectivity index (χ2v) is 7.82.